The molecule has 0 saturated heterocycles. The Balaban J connectivity index is 0.00000102. The van der Waals surface area contributed by atoms with Gasteiger partial charge in [0.25, 0.3) is 6.47 Å². The molecule has 37 heavy (non-hydrogen) atoms. The summed E-state index contributed by atoms with van der Waals surface area (Å²) in [4.78, 5) is 30.0. The molecule has 1 aromatic heterocycles. The summed E-state index contributed by atoms with van der Waals surface area (Å²) >= 11 is 6.34. The number of Topliss-reactive ketones (excluding diaryl/α,β-unsaturated/α-hetero) is 1. The highest BCUT2D eigenvalue weighted by molar-refractivity contribution is 6.29. The van der Waals surface area contributed by atoms with Crippen LogP contribution < -0.4 is 5.32 Å². The molecule has 0 spiro atoms. The second-order valence-corrected chi connectivity index (χ2v) is 10.2. The number of halogens is 2. The maximum Gasteiger partial charge on any atom is 0.290 e. The van der Waals surface area contributed by atoms with Crippen molar-refractivity contribution in [2.75, 3.05) is 20.6 Å². The molecule has 1 aromatic rings. The van der Waals surface area contributed by atoms with Crippen molar-refractivity contribution in [2.45, 2.75) is 56.5 Å². The van der Waals surface area contributed by atoms with Gasteiger partial charge in [0, 0.05) is 29.0 Å². The van der Waals surface area contributed by atoms with Crippen molar-refractivity contribution in [3.63, 3.8) is 0 Å². The number of nitrogens with one attached hydrogen (secondary N) is 1. The van der Waals surface area contributed by atoms with Gasteiger partial charge in [0.2, 0.25) is 0 Å². The number of pyridine rings is 1. The van der Waals surface area contributed by atoms with Gasteiger partial charge in [-0.05, 0) is 76.4 Å². The number of fused-ring (bicyclic) bond motifs is 1. The van der Waals surface area contributed by atoms with Crippen molar-refractivity contribution in [3.8, 4) is 0 Å². The van der Waals surface area contributed by atoms with E-state index in [9.17, 15) is 9.18 Å². The molecular formula is C26H32ClFN6O3. The molecular weight excluding hydrogens is 499 g/mol. The first kappa shape index (κ1) is 26.8. The van der Waals surface area contributed by atoms with Gasteiger partial charge in [-0.3, -0.25) is 19.5 Å². The van der Waals surface area contributed by atoms with Gasteiger partial charge in [0.15, 0.2) is 5.78 Å². The number of hydrazone groups is 1. The minimum absolute atomic E-state index is 0.122. The van der Waals surface area contributed by atoms with E-state index in [4.69, 9.17) is 26.6 Å². The molecule has 0 amide bonds. The smallest absolute Gasteiger partial charge is 0.290 e. The third-order valence-electron chi connectivity index (χ3n) is 7.04. The minimum Gasteiger partial charge on any atom is -0.483 e. The molecule has 5 rings (SSSR count). The first-order chi connectivity index (χ1) is 17.8. The Morgan fingerprint density at radius 1 is 1.30 bits per heavy atom. The van der Waals surface area contributed by atoms with Crippen LogP contribution in [-0.4, -0.2) is 76.2 Å². The summed E-state index contributed by atoms with van der Waals surface area (Å²) in [5.74, 6) is 0.888. The van der Waals surface area contributed by atoms with Gasteiger partial charge in [0.05, 0.1) is 18.3 Å². The van der Waals surface area contributed by atoms with Gasteiger partial charge in [-0.25, -0.2) is 9.40 Å². The first-order valence-electron chi connectivity index (χ1n) is 12.4. The van der Waals surface area contributed by atoms with Crippen LogP contribution in [-0.2, 0) is 9.59 Å². The quantitative estimate of drug-likeness (QED) is 0.557. The molecule has 1 saturated carbocycles. The Morgan fingerprint density at radius 2 is 2.03 bits per heavy atom. The minimum atomic E-state index is -0.424. The van der Waals surface area contributed by atoms with E-state index in [0.29, 0.717) is 12.2 Å². The van der Waals surface area contributed by atoms with Crippen molar-refractivity contribution < 1.29 is 19.1 Å². The van der Waals surface area contributed by atoms with Crippen LogP contribution in [0.1, 0.15) is 50.1 Å². The van der Waals surface area contributed by atoms with Crippen LogP contribution in [0.3, 0.4) is 0 Å². The number of rotatable bonds is 5. The van der Waals surface area contributed by atoms with Crippen LogP contribution in [0.4, 0.5) is 4.39 Å². The number of ketones is 1. The van der Waals surface area contributed by atoms with E-state index in [1.165, 1.54) is 6.07 Å². The molecule has 1 unspecified atom stereocenters. The largest absolute Gasteiger partial charge is 0.483 e. The number of carbonyl (C=O) groups is 2. The third kappa shape index (κ3) is 5.86. The van der Waals surface area contributed by atoms with E-state index in [2.05, 4.69) is 10.3 Å². The van der Waals surface area contributed by atoms with Gasteiger partial charge in [0.1, 0.15) is 24.0 Å². The Labute approximate surface area is 221 Å². The van der Waals surface area contributed by atoms with E-state index in [1.807, 2.05) is 41.2 Å². The van der Waals surface area contributed by atoms with E-state index in [0.717, 1.165) is 60.6 Å². The molecule has 4 aliphatic rings. The summed E-state index contributed by atoms with van der Waals surface area (Å²) in [5.41, 5.74) is 2.51. The molecule has 9 nitrogen and oxygen atoms in total. The van der Waals surface area contributed by atoms with Crippen LogP contribution in [0, 0.1) is 5.82 Å². The van der Waals surface area contributed by atoms with Gasteiger partial charge >= 0.3 is 0 Å². The molecule has 11 heteroatoms. The SMILES string of the molecule is CN(C)CC(=O)C1C2=C(C=C(Cl)CC2)NC=C2N1C=NN2[C@H]1CC[C@H](c2ncccc2F)CC1.O=CO. The summed E-state index contributed by atoms with van der Waals surface area (Å²) in [5, 5.41) is 17.8. The first-order valence-corrected chi connectivity index (χ1v) is 12.7. The average molecular weight is 531 g/mol. The predicted octanol–water partition coefficient (Wildman–Crippen LogP) is 3.58. The second-order valence-electron chi connectivity index (χ2n) is 9.75. The molecule has 2 aliphatic carbocycles. The van der Waals surface area contributed by atoms with Crippen molar-refractivity contribution in [1.82, 2.24) is 25.1 Å². The predicted molar refractivity (Wildman–Crippen MR) is 139 cm³/mol. The van der Waals surface area contributed by atoms with Crippen LogP contribution in [0.15, 0.2) is 57.8 Å². The molecule has 3 heterocycles. The van der Waals surface area contributed by atoms with E-state index >= 15 is 0 Å². The highest BCUT2D eigenvalue weighted by Crippen LogP contribution is 2.40. The lowest BCUT2D eigenvalue weighted by Gasteiger charge is -2.36. The summed E-state index contributed by atoms with van der Waals surface area (Å²) in [6.45, 7) is 0.0945. The molecule has 198 valence electrons. The fourth-order valence-electron chi connectivity index (χ4n) is 5.45. The van der Waals surface area contributed by atoms with Crippen molar-refractivity contribution in [2.24, 2.45) is 5.10 Å². The van der Waals surface area contributed by atoms with Crippen molar-refractivity contribution in [3.05, 3.63) is 64.2 Å². The van der Waals surface area contributed by atoms with Crippen LogP contribution in [0.5, 0.6) is 0 Å². The summed E-state index contributed by atoms with van der Waals surface area (Å²) in [6.07, 6.45) is 12.2. The number of hydrogen-bond donors (Lipinski definition) is 2. The van der Waals surface area contributed by atoms with E-state index in [1.54, 1.807) is 18.6 Å². The fraction of sp³-hybridized carbons (Fsp3) is 0.462. The number of hydrogen-bond acceptors (Lipinski definition) is 8. The normalized spacial score (nSPS) is 24.7. The number of allylic oxidation sites excluding steroid dienone is 2. The Hall–Kier alpha value is -3.24. The lowest BCUT2D eigenvalue weighted by atomic mass is 9.83. The topological polar surface area (TPSA) is 101 Å². The lowest BCUT2D eigenvalue weighted by molar-refractivity contribution is -0.123. The van der Waals surface area contributed by atoms with Gasteiger partial charge in [-0.2, -0.15) is 5.10 Å². The zero-order chi connectivity index (χ0) is 26.5. The number of likely N-dealkylation sites (N-methyl/N-ethyl adjacent to an activating group) is 1. The summed E-state index contributed by atoms with van der Waals surface area (Å²) in [7, 11) is 3.81. The van der Waals surface area contributed by atoms with Crippen LogP contribution in [0.25, 0.3) is 0 Å². The highest BCUT2D eigenvalue weighted by atomic mass is 35.5. The molecule has 2 N–H and O–H groups in total. The molecule has 1 fully saturated rings. The second kappa shape index (κ2) is 11.9. The molecule has 2 aliphatic heterocycles. The highest BCUT2D eigenvalue weighted by Gasteiger charge is 2.41. The maximum absolute atomic E-state index is 14.2. The Bertz CT molecular complexity index is 1140. The zero-order valence-corrected chi connectivity index (χ0v) is 21.7. The molecule has 1 atom stereocenters. The molecule has 0 aromatic carbocycles. The Kier molecular flexibility index (Phi) is 8.60. The molecule has 0 radical (unpaired) electrons. The molecule has 0 bridgehead atoms. The third-order valence-corrected chi connectivity index (χ3v) is 7.34. The summed E-state index contributed by atoms with van der Waals surface area (Å²) < 4.78 is 14.2. The van der Waals surface area contributed by atoms with Gasteiger partial charge < -0.3 is 15.3 Å². The average Bonchev–Trinajstić information content (AvgIpc) is 3.20. The Morgan fingerprint density at radius 3 is 2.70 bits per heavy atom. The van der Waals surface area contributed by atoms with Gasteiger partial charge in [-0.15, -0.1) is 0 Å². The number of carbonyl (C=O) groups excluding carboxylic acids is 1. The van der Waals surface area contributed by atoms with Crippen molar-refractivity contribution >= 4 is 30.2 Å². The monoisotopic (exact) mass is 530 g/mol. The van der Waals surface area contributed by atoms with Crippen LogP contribution in [0.2, 0.25) is 0 Å². The number of aromatic nitrogens is 1. The van der Waals surface area contributed by atoms with Crippen molar-refractivity contribution in [1.29, 1.82) is 0 Å². The maximum atomic E-state index is 14.2. The lowest BCUT2D eigenvalue weighted by Crippen LogP contribution is -2.45. The van der Waals surface area contributed by atoms with Gasteiger partial charge in [-0.1, -0.05) is 11.6 Å². The fourth-order valence-corrected chi connectivity index (χ4v) is 5.65. The number of carboxylic acid groups (broad SMARTS) is 1. The van der Waals surface area contributed by atoms with E-state index < -0.39 is 6.04 Å². The zero-order valence-electron chi connectivity index (χ0n) is 21.0. The number of nitrogens with zero attached hydrogens (tertiary/aromatic N) is 5. The van der Waals surface area contributed by atoms with Crippen LogP contribution >= 0.6 is 11.6 Å². The van der Waals surface area contributed by atoms with E-state index in [-0.39, 0.29) is 30.0 Å². The summed E-state index contributed by atoms with van der Waals surface area (Å²) in [6, 6.07) is 2.87. The standard InChI is InChI=1S/C25H30ClFN6O.CH2O2/c1-31(2)14-22(34)25-19-10-7-17(26)12-21(19)29-13-23-32(25)15-30-33(23)18-8-5-16(6-9-18)24-20(27)4-3-11-28-24;2-1-3/h3-4,11-13,15-16,18,25,29H,5-10,14H2,1-2H3;1H,(H,2,3)/t16-,18-,25?;.